The Morgan fingerprint density at radius 3 is 1.74 bits per heavy atom. The van der Waals surface area contributed by atoms with Crippen LogP contribution in [-0.4, -0.2) is 26.2 Å². The van der Waals surface area contributed by atoms with Crippen molar-refractivity contribution in [3.63, 3.8) is 0 Å². The minimum Gasteiger partial charge on any atom is -0.455 e. The fourth-order valence-electron chi connectivity index (χ4n) is 3.01. The first kappa shape index (κ1) is 25.6. The zero-order chi connectivity index (χ0) is 25.0. The van der Waals surface area contributed by atoms with Crippen molar-refractivity contribution in [2.75, 3.05) is 6.61 Å². The summed E-state index contributed by atoms with van der Waals surface area (Å²) in [6.45, 7) is 4.73. The smallest absolute Gasteiger partial charge is 0.403 e. The average molecular weight is 507 g/mol. The van der Waals surface area contributed by atoms with Crippen LogP contribution in [0.15, 0.2) is 112 Å². The van der Waals surface area contributed by atoms with Crippen LogP contribution in [0.5, 0.6) is 0 Å². The monoisotopic (exact) mass is 506 g/mol. The highest BCUT2D eigenvalue weighted by atomic mass is 32.3. The number of hydrogen-bond donors (Lipinski definition) is 0. The number of hydrogen-bond acceptors (Lipinski definition) is 5. The summed E-state index contributed by atoms with van der Waals surface area (Å²) in [7, 11) is -8.77. The van der Waals surface area contributed by atoms with E-state index in [1.54, 1.807) is 84.9 Å². The second-order valence-corrected chi connectivity index (χ2v) is 12.1. The van der Waals surface area contributed by atoms with E-state index in [9.17, 15) is 22.0 Å². The van der Waals surface area contributed by atoms with Gasteiger partial charge in [-0.2, -0.15) is 17.2 Å². The Hall–Kier alpha value is -3.01. The summed E-state index contributed by atoms with van der Waals surface area (Å²) in [5, 5.41) is -4.51. The molecular weight excluding hydrogens is 482 g/mol. The molecule has 0 unspecified atom stereocenters. The van der Waals surface area contributed by atoms with Crippen molar-refractivity contribution < 1.29 is 30.4 Å². The van der Waals surface area contributed by atoms with Crippen molar-refractivity contribution >= 4 is 26.4 Å². The summed E-state index contributed by atoms with van der Waals surface area (Å²) in [6.07, 6.45) is 0. The molecule has 0 aliphatic heterocycles. The molecule has 0 aliphatic carbocycles. The van der Waals surface area contributed by atoms with E-state index in [-0.39, 0.29) is 5.57 Å². The van der Waals surface area contributed by atoms with Crippen molar-refractivity contribution in [2.24, 2.45) is 0 Å². The van der Waals surface area contributed by atoms with E-state index in [2.05, 4.69) is 11.3 Å². The van der Waals surface area contributed by atoms with Gasteiger partial charge in [0, 0.05) is 20.3 Å². The zero-order valence-corrected chi connectivity index (χ0v) is 20.2. The number of halogens is 2. The van der Waals surface area contributed by atoms with Crippen LogP contribution in [0.1, 0.15) is 12.5 Å². The van der Waals surface area contributed by atoms with E-state index in [1.807, 2.05) is 6.92 Å². The minimum atomic E-state index is -5.60. The van der Waals surface area contributed by atoms with E-state index in [0.29, 0.717) is 14.7 Å². The third-order valence-electron chi connectivity index (χ3n) is 4.78. The summed E-state index contributed by atoms with van der Waals surface area (Å²) in [5.41, 5.74) is 0.764. The molecule has 0 saturated heterocycles. The molecule has 0 heterocycles. The van der Waals surface area contributed by atoms with Crippen LogP contribution in [0, 0.1) is 6.92 Å². The van der Waals surface area contributed by atoms with Crippen molar-refractivity contribution in [1.29, 1.82) is 0 Å². The molecule has 0 amide bonds. The van der Waals surface area contributed by atoms with Gasteiger partial charge in [0.05, 0.1) is 0 Å². The van der Waals surface area contributed by atoms with Crippen LogP contribution >= 0.6 is 10.3 Å². The van der Waals surface area contributed by atoms with Gasteiger partial charge in [0.25, 0.3) is 0 Å². The average Bonchev–Trinajstić information content (AvgIpc) is 2.82. The molecule has 0 fully saturated rings. The zero-order valence-electron chi connectivity index (χ0n) is 18.6. The molecule has 34 heavy (non-hydrogen) atoms. The molecule has 0 spiro atoms. The number of aryl methyl sites for hydroxylation is 1. The SMILES string of the molecule is C=C(C)C(=O)OCC(F)(F)S(=O)(=O)OS(c1ccccc1)(c1ccccc1)c1ccc(C)cc1. The van der Waals surface area contributed by atoms with Crippen LogP contribution in [0.25, 0.3) is 0 Å². The van der Waals surface area contributed by atoms with Gasteiger partial charge >= 0.3 is 21.3 Å². The molecule has 0 saturated carbocycles. The second kappa shape index (κ2) is 10.1. The molecule has 180 valence electrons. The van der Waals surface area contributed by atoms with E-state index >= 15 is 0 Å². The van der Waals surface area contributed by atoms with Crippen LogP contribution in [-0.2, 0) is 23.3 Å². The first-order chi connectivity index (χ1) is 16.0. The fraction of sp³-hybridized carbons (Fsp3) is 0.160. The van der Waals surface area contributed by atoms with Crippen molar-refractivity contribution in [3.8, 4) is 0 Å². The Labute approximate surface area is 199 Å². The topological polar surface area (TPSA) is 69.7 Å². The van der Waals surface area contributed by atoms with Gasteiger partial charge in [-0.1, -0.05) is 60.7 Å². The molecule has 0 atom stereocenters. The number of ether oxygens (including phenoxy) is 1. The van der Waals surface area contributed by atoms with Gasteiger partial charge in [0.15, 0.2) is 6.61 Å². The lowest BCUT2D eigenvalue weighted by molar-refractivity contribution is -0.144. The molecule has 5 nitrogen and oxygen atoms in total. The van der Waals surface area contributed by atoms with Gasteiger partial charge in [-0.25, -0.2) is 8.42 Å². The highest BCUT2D eigenvalue weighted by Crippen LogP contribution is 2.70. The summed E-state index contributed by atoms with van der Waals surface area (Å²) >= 11 is 0. The number of carbonyl (C=O) groups excluding carboxylic acids is 1. The number of alkyl halides is 2. The van der Waals surface area contributed by atoms with E-state index in [1.165, 1.54) is 6.92 Å². The van der Waals surface area contributed by atoms with Gasteiger partial charge in [-0.05, 0) is 60.6 Å². The Morgan fingerprint density at radius 1 is 0.853 bits per heavy atom. The first-order valence-corrected chi connectivity index (χ1v) is 13.1. The van der Waals surface area contributed by atoms with Crippen molar-refractivity contribution in [3.05, 3.63) is 103 Å². The molecule has 0 bridgehead atoms. The largest absolute Gasteiger partial charge is 0.455 e. The standard InChI is InChI=1S/C25H24F2O5S2/c1-19(2)24(28)31-18-25(26,27)34(29,30)32-33(21-10-6-4-7-11-21,22-12-8-5-9-13-22)23-16-14-20(3)15-17-23/h4-17H,1,18H2,2-3H3. The molecule has 0 radical (unpaired) electrons. The van der Waals surface area contributed by atoms with Crippen molar-refractivity contribution in [1.82, 2.24) is 0 Å². The van der Waals surface area contributed by atoms with Crippen molar-refractivity contribution in [2.45, 2.75) is 33.8 Å². The number of carbonyl (C=O) groups is 1. The van der Waals surface area contributed by atoms with Gasteiger partial charge in [-0.15, -0.1) is 0 Å². The maximum atomic E-state index is 15.0. The Bertz CT molecular complexity index is 1220. The normalized spacial score (nSPS) is 12.7. The molecule has 9 heteroatoms. The summed E-state index contributed by atoms with van der Waals surface area (Å²) in [6, 6.07) is 23.6. The van der Waals surface area contributed by atoms with E-state index in [0.717, 1.165) is 5.56 Å². The van der Waals surface area contributed by atoms with Gasteiger partial charge in [0.1, 0.15) is 0 Å². The van der Waals surface area contributed by atoms with Crippen LogP contribution in [0.4, 0.5) is 8.78 Å². The molecule has 0 N–H and O–H groups in total. The lowest BCUT2D eigenvalue weighted by atomic mass is 10.2. The molecule has 3 aromatic carbocycles. The quantitative estimate of drug-likeness (QED) is 0.253. The molecule has 0 aromatic heterocycles. The van der Waals surface area contributed by atoms with E-state index < -0.39 is 38.3 Å². The minimum absolute atomic E-state index is 0.137. The Balaban J connectivity index is 2.20. The fourth-order valence-corrected chi connectivity index (χ4v) is 8.05. The molecule has 3 rings (SSSR count). The number of rotatable bonds is 9. The predicted octanol–water partition coefficient (Wildman–Crippen LogP) is 6.25. The third kappa shape index (κ3) is 5.22. The Morgan fingerprint density at radius 2 is 1.29 bits per heavy atom. The maximum Gasteiger partial charge on any atom is 0.403 e. The molecular formula is C25H24F2O5S2. The summed E-state index contributed by atoms with van der Waals surface area (Å²) in [4.78, 5) is 12.8. The maximum absolute atomic E-state index is 15.0. The third-order valence-corrected chi connectivity index (χ3v) is 9.97. The second-order valence-electron chi connectivity index (χ2n) is 7.51. The first-order valence-electron chi connectivity index (χ1n) is 10.2. The predicted molar refractivity (Wildman–Crippen MR) is 127 cm³/mol. The van der Waals surface area contributed by atoms with Crippen LogP contribution in [0.2, 0.25) is 0 Å². The van der Waals surface area contributed by atoms with Gasteiger partial charge < -0.3 is 4.74 Å². The molecule has 3 aromatic rings. The number of benzene rings is 3. The summed E-state index contributed by atoms with van der Waals surface area (Å²) in [5.74, 6) is -1.13. The van der Waals surface area contributed by atoms with E-state index in [4.69, 9.17) is 3.63 Å². The van der Waals surface area contributed by atoms with Gasteiger partial charge in [0.2, 0.25) is 0 Å². The highest BCUT2D eigenvalue weighted by Gasteiger charge is 2.52. The van der Waals surface area contributed by atoms with Gasteiger partial charge in [-0.3, -0.25) is 0 Å². The molecule has 0 aliphatic rings. The lowest BCUT2D eigenvalue weighted by Gasteiger charge is -2.40. The lowest BCUT2D eigenvalue weighted by Crippen LogP contribution is -2.37. The van der Waals surface area contributed by atoms with Crippen LogP contribution in [0.3, 0.4) is 0 Å². The Kier molecular flexibility index (Phi) is 7.60. The number of esters is 1. The highest BCUT2D eigenvalue weighted by molar-refractivity contribution is 8.33. The van der Waals surface area contributed by atoms with Crippen LogP contribution < -0.4 is 0 Å². The summed E-state index contributed by atoms with van der Waals surface area (Å²) < 4.78 is 66.1.